The van der Waals surface area contributed by atoms with Crippen LogP contribution in [0.5, 0.6) is 0 Å². The summed E-state index contributed by atoms with van der Waals surface area (Å²) < 4.78 is 11.3. The molecule has 0 spiro atoms. The molecule has 0 aromatic carbocycles. The van der Waals surface area contributed by atoms with Crippen LogP contribution in [0.2, 0.25) is 0 Å². The molecule has 104 valence electrons. The fraction of sp³-hybridized carbons (Fsp3) is 0.923. The number of hydrogen-bond donors (Lipinski definition) is 1. The van der Waals surface area contributed by atoms with Crippen LogP contribution in [-0.2, 0) is 15.6 Å². The minimum atomic E-state index is -0.729. The third-order valence-corrected chi connectivity index (χ3v) is 5.82. The smallest absolute Gasteiger partial charge is 0.230 e. The van der Waals surface area contributed by atoms with E-state index in [4.69, 9.17) is 5.73 Å². The Labute approximate surface area is 112 Å². The summed E-state index contributed by atoms with van der Waals surface area (Å²) in [6.45, 7) is 3.98. The molecule has 5 heteroatoms. The van der Waals surface area contributed by atoms with E-state index in [-0.39, 0.29) is 11.3 Å². The maximum absolute atomic E-state index is 12.7. The normalized spacial score (nSPS) is 34.6. The first-order valence-electron chi connectivity index (χ1n) is 6.92. The van der Waals surface area contributed by atoms with Gasteiger partial charge in [0.2, 0.25) is 5.91 Å². The summed E-state index contributed by atoms with van der Waals surface area (Å²) in [6.07, 6.45) is 4.04. The third-order valence-electron chi connectivity index (χ3n) is 4.54. The molecule has 0 aromatic heterocycles. The second-order valence-corrected chi connectivity index (χ2v) is 7.50. The fourth-order valence-corrected chi connectivity index (χ4v) is 4.05. The molecule has 1 heterocycles. The first-order chi connectivity index (χ1) is 8.57. The number of amides is 1. The quantitative estimate of drug-likeness (QED) is 0.806. The van der Waals surface area contributed by atoms with Crippen LogP contribution in [0.1, 0.15) is 32.6 Å². The van der Waals surface area contributed by atoms with Crippen molar-refractivity contribution in [2.75, 3.05) is 31.1 Å². The average molecular weight is 272 g/mol. The van der Waals surface area contributed by atoms with Gasteiger partial charge in [-0.3, -0.25) is 9.00 Å². The number of nitrogens with zero attached hydrogens (tertiary/aromatic N) is 1. The predicted molar refractivity (Wildman–Crippen MR) is 73.6 cm³/mol. The molecule has 1 saturated heterocycles. The Balaban J connectivity index is 2.03. The van der Waals surface area contributed by atoms with E-state index in [1.54, 1.807) is 0 Å². The van der Waals surface area contributed by atoms with Crippen LogP contribution in [0, 0.1) is 11.3 Å². The summed E-state index contributed by atoms with van der Waals surface area (Å²) >= 11 is 0. The largest absolute Gasteiger partial charge is 0.340 e. The van der Waals surface area contributed by atoms with Gasteiger partial charge in [0, 0.05) is 41.9 Å². The Morgan fingerprint density at radius 2 is 1.89 bits per heavy atom. The van der Waals surface area contributed by atoms with Crippen LogP contribution in [0.25, 0.3) is 0 Å². The highest BCUT2D eigenvalue weighted by atomic mass is 32.2. The van der Waals surface area contributed by atoms with Crippen molar-refractivity contribution in [2.24, 2.45) is 17.1 Å². The molecule has 1 aliphatic carbocycles. The molecule has 2 fully saturated rings. The lowest BCUT2D eigenvalue weighted by atomic mass is 9.70. The van der Waals surface area contributed by atoms with Crippen molar-refractivity contribution in [3.63, 3.8) is 0 Å². The van der Waals surface area contributed by atoms with Gasteiger partial charge < -0.3 is 10.6 Å². The molecular formula is C13H24N2O2S. The topological polar surface area (TPSA) is 63.4 Å². The number of hydrogen-bond acceptors (Lipinski definition) is 3. The molecule has 0 atom stereocenters. The van der Waals surface area contributed by atoms with E-state index in [9.17, 15) is 9.00 Å². The Morgan fingerprint density at radius 3 is 2.39 bits per heavy atom. The van der Waals surface area contributed by atoms with Crippen molar-refractivity contribution in [1.29, 1.82) is 0 Å². The van der Waals surface area contributed by atoms with Gasteiger partial charge in [-0.15, -0.1) is 0 Å². The molecule has 1 amide bonds. The van der Waals surface area contributed by atoms with Gasteiger partial charge in [-0.05, 0) is 31.6 Å². The second kappa shape index (κ2) is 5.70. The van der Waals surface area contributed by atoms with Crippen LogP contribution in [0.4, 0.5) is 0 Å². The van der Waals surface area contributed by atoms with Crippen molar-refractivity contribution in [3.8, 4) is 0 Å². The summed E-state index contributed by atoms with van der Waals surface area (Å²) in [5.74, 6) is 2.19. The Morgan fingerprint density at radius 1 is 1.33 bits per heavy atom. The van der Waals surface area contributed by atoms with Crippen molar-refractivity contribution in [2.45, 2.75) is 32.6 Å². The van der Waals surface area contributed by atoms with Gasteiger partial charge in [-0.2, -0.15) is 0 Å². The van der Waals surface area contributed by atoms with Gasteiger partial charge >= 0.3 is 0 Å². The van der Waals surface area contributed by atoms with E-state index in [2.05, 4.69) is 6.92 Å². The molecular weight excluding hydrogens is 248 g/mol. The minimum Gasteiger partial charge on any atom is -0.340 e. The van der Waals surface area contributed by atoms with Gasteiger partial charge in [0.05, 0.1) is 5.41 Å². The van der Waals surface area contributed by atoms with E-state index in [1.165, 1.54) is 0 Å². The highest BCUT2D eigenvalue weighted by molar-refractivity contribution is 7.85. The maximum Gasteiger partial charge on any atom is 0.230 e. The lowest BCUT2D eigenvalue weighted by molar-refractivity contribution is -0.143. The summed E-state index contributed by atoms with van der Waals surface area (Å²) in [5.41, 5.74) is 5.58. The van der Waals surface area contributed by atoms with Crippen molar-refractivity contribution in [3.05, 3.63) is 0 Å². The lowest BCUT2D eigenvalue weighted by Crippen LogP contribution is -2.53. The van der Waals surface area contributed by atoms with E-state index in [0.717, 1.165) is 25.7 Å². The van der Waals surface area contributed by atoms with E-state index in [0.29, 0.717) is 37.1 Å². The van der Waals surface area contributed by atoms with Crippen LogP contribution >= 0.6 is 0 Å². The summed E-state index contributed by atoms with van der Waals surface area (Å²) in [6, 6.07) is 0. The molecule has 1 aliphatic heterocycles. The molecule has 0 bridgehead atoms. The first kappa shape index (κ1) is 14.0. The Kier molecular flexibility index (Phi) is 4.43. The van der Waals surface area contributed by atoms with E-state index < -0.39 is 10.8 Å². The summed E-state index contributed by atoms with van der Waals surface area (Å²) in [4.78, 5) is 14.6. The highest BCUT2D eigenvalue weighted by Gasteiger charge is 2.42. The van der Waals surface area contributed by atoms with Crippen LogP contribution < -0.4 is 5.73 Å². The molecule has 18 heavy (non-hydrogen) atoms. The van der Waals surface area contributed by atoms with Crippen molar-refractivity contribution >= 4 is 16.7 Å². The highest BCUT2D eigenvalue weighted by Crippen LogP contribution is 2.39. The van der Waals surface area contributed by atoms with Crippen LogP contribution in [0.3, 0.4) is 0 Å². The monoisotopic (exact) mass is 272 g/mol. The standard InChI is InChI=1S/C13H24N2O2S/c1-11-2-4-13(10-14,5-3-11)12(16)15-6-8-18(17)9-7-15/h11H,2-10,14H2,1H3. The number of rotatable bonds is 2. The van der Waals surface area contributed by atoms with Gasteiger partial charge in [-0.1, -0.05) is 6.92 Å². The van der Waals surface area contributed by atoms with Crippen molar-refractivity contribution in [1.82, 2.24) is 4.90 Å². The third kappa shape index (κ3) is 2.77. The van der Waals surface area contributed by atoms with E-state index in [1.807, 2.05) is 4.90 Å². The Hall–Kier alpha value is -0.420. The molecule has 1 saturated carbocycles. The summed E-state index contributed by atoms with van der Waals surface area (Å²) in [5, 5.41) is 0. The zero-order chi connectivity index (χ0) is 13.2. The maximum atomic E-state index is 12.7. The molecule has 2 N–H and O–H groups in total. The second-order valence-electron chi connectivity index (χ2n) is 5.81. The molecule has 4 nitrogen and oxygen atoms in total. The first-order valence-corrected chi connectivity index (χ1v) is 8.40. The van der Waals surface area contributed by atoms with E-state index >= 15 is 0 Å². The van der Waals surface area contributed by atoms with Gasteiger partial charge in [0.15, 0.2) is 0 Å². The van der Waals surface area contributed by atoms with Crippen LogP contribution in [0.15, 0.2) is 0 Å². The molecule has 2 aliphatic rings. The molecule has 0 unspecified atom stereocenters. The zero-order valence-electron chi connectivity index (χ0n) is 11.2. The number of nitrogens with two attached hydrogens (primary N) is 1. The SMILES string of the molecule is CC1CCC(CN)(C(=O)N2CCS(=O)CC2)CC1. The molecule has 0 radical (unpaired) electrons. The summed E-state index contributed by atoms with van der Waals surface area (Å²) in [7, 11) is -0.729. The average Bonchev–Trinajstić information content (AvgIpc) is 2.40. The number of carbonyl (C=O) groups excluding carboxylic acids is 1. The van der Waals surface area contributed by atoms with Gasteiger partial charge in [0.25, 0.3) is 0 Å². The molecule has 2 rings (SSSR count). The Bertz CT molecular complexity index is 328. The van der Waals surface area contributed by atoms with Crippen LogP contribution in [-0.4, -0.2) is 46.2 Å². The van der Waals surface area contributed by atoms with Gasteiger partial charge in [0.1, 0.15) is 0 Å². The minimum absolute atomic E-state index is 0.216. The number of carbonyl (C=O) groups is 1. The fourth-order valence-electron chi connectivity index (χ4n) is 3.00. The van der Waals surface area contributed by atoms with Crippen molar-refractivity contribution < 1.29 is 9.00 Å². The van der Waals surface area contributed by atoms with Gasteiger partial charge in [-0.25, -0.2) is 0 Å². The zero-order valence-corrected chi connectivity index (χ0v) is 12.0. The predicted octanol–water partition coefficient (Wildman–Crippen LogP) is 0.733. The molecule has 0 aromatic rings. The lowest BCUT2D eigenvalue weighted by Gasteiger charge is -2.41.